The summed E-state index contributed by atoms with van der Waals surface area (Å²) in [5.74, 6) is -0.681. The molecule has 0 spiro atoms. The van der Waals surface area contributed by atoms with E-state index in [0.29, 0.717) is 25.2 Å². The van der Waals surface area contributed by atoms with Crippen LogP contribution in [0.25, 0.3) is 11.0 Å². The van der Waals surface area contributed by atoms with E-state index in [1.807, 2.05) is 20.8 Å². The predicted octanol–water partition coefficient (Wildman–Crippen LogP) is 3.22. The molecule has 0 saturated heterocycles. The summed E-state index contributed by atoms with van der Waals surface area (Å²) < 4.78 is 14.7. The van der Waals surface area contributed by atoms with Gasteiger partial charge >= 0.3 is 5.69 Å². The van der Waals surface area contributed by atoms with Crippen LogP contribution in [0.2, 0.25) is 0 Å². The maximum absolute atomic E-state index is 13.3. The molecule has 0 atom stereocenters. The summed E-state index contributed by atoms with van der Waals surface area (Å²) in [6.45, 7) is 6.58. The number of nitrogens with one attached hydrogen (secondary N) is 2. The largest absolute Gasteiger partial charge is 0.351 e. The third-order valence-electron chi connectivity index (χ3n) is 6.15. The molecule has 0 unspecified atom stereocenters. The van der Waals surface area contributed by atoms with E-state index in [0.717, 1.165) is 18.4 Å². The lowest BCUT2D eigenvalue weighted by Gasteiger charge is -2.18. The number of nitrogens with zero attached hydrogens (tertiary/aromatic N) is 2. The number of hydrogen-bond donors (Lipinski definition) is 2. The van der Waals surface area contributed by atoms with Crippen molar-refractivity contribution >= 4 is 16.9 Å². The molecule has 8 heteroatoms. The van der Waals surface area contributed by atoms with E-state index in [1.165, 1.54) is 16.7 Å². The first-order valence-electron chi connectivity index (χ1n) is 11.0. The summed E-state index contributed by atoms with van der Waals surface area (Å²) in [4.78, 5) is 45.2. The lowest BCUT2D eigenvalue weighted by Crippen LogP contribution is -2.35. The number of hydrogen-bond acceptors (Lipinski definition) is 4. The summed E-state index contributed by atoms with van der Waals surface area (Å²) in [5.41, 5.74) is 0.691. The van der Waals surface area contributed by atoms with Crippen LogP contribution >= 0.6 is 0 Å². The van der Waals surface area contributed by atoms with E-state index in [4.69, 9.17) is 0 Å². The highest BCUT2D eigenvalue weighted by molar-refractivity contribution is 6.05. The maximum Gasteiger partial charge on any atom is 0.329 e. The minimum Gasteiger partial charge on any atom is -0.351 e. The molecule has 1 fully saturated rings. The van der Waals surface area contributed by atoms with Crippen molar-refractivity contribution in [3.05, 3.63) is 73.8 Å². The Bertz CT molecular complexity index is 1290. The highest BCUT2D eigenvalue weighted by atomic mass is 19.1. The van der Waals surface area contributed by atoms with Crippen LogP contribution in [-0.4, -0.2) is 27.0 Å². The van der Waals surface area contributed by atoms with Crippen molar-refractivity contribution in [3.8, 4) is 0 Å². The van der Waals surface area contributed by atoms with E-state index in [-0.39, 0.29) is 39.7 Å². The highest BCUT2D eigenvalue weighted by Crippen LogP contribution is 2.47. The van der Waals surface area contributed by atoms with Gasteiger partial charge in [-0.15, -0.1) is 0 Å². The van der Waals surface area contributed by atoms with Gasteiger partial charge in [-0.1, -0.05) is 32.9 Å². The van der Waals surface area contributed by atoms with E-state index in [9.17, 15) is 18.8 Å². The molecule has 0 radical (unpaired) electrons. The molecule has 1 saturated carbocycles. The zero-order chi connectivity index (χ0) is 23.0. The Kier molecular flexibility index (Phi) is 5.71. The number of aromatic nitrogens is 3. The van der Waals surface area contributed by atoms with E-state index in [1.54, 1.807) is 18.2 Å². The van der Waals surface area contributed by atoms with Gasteiger partial charge in [0.15, 0.2) is 5.65 Å². The highest BCUT2D eigenvalue weighted by Gasteiger charge is 2.44. The van der Waals surface area contributed by atoms with E-state index in [2.05, 4.69) is 15.3 Å². The zero-order valence-electron chi connectivity index (χ0n) is 18.5. The second-order valence-electron chi connectivity index (χ2n) is 8.83. The van der Waals surface area contributed by atoms with Gasteiger partial charge in [-0.3, -0.25) is 19.1 Å². The van der Waals surface area contributed by atoms with E-state index < -0.39 is 11.2 Å². The fraction of sp³-hybridized carbons (Fsp3) is 0.417. The fourth-order valence-corrected chi connectivity index (χ4v) is 4.07. The number of fused-ring (bicyclic) bond motifs is 1. The summed E-state index contributed by atoms with van der Waals surface area (Å²) >= 11 is 0. The molecule has 2 N–H and O–H groups in total. The first-order valence-corrected chi connectivity index (χ1v) is 11.0. The number of pyridine rings is 1. The monoisotopic (exact) mass is 438 g/mol. The van der Waals surface area contributed by atoms with Crippen LogP contribution in [0.15, 0.2) is 39.9 Å². The molecule has 2 heterocycles. The third-order valence-corrected chi connectivity index (χ3v) is 6.15. The molecule has 4 rings (SSSR count). The molecule has 7 nitrogen and oxygen atoms in total. The van der Waals surface area contributed by atoms with Crippen LogP contribution in [0, 0.1) is 5.82 Å². The van der Waals surface area contributed by atoms with Crippen LogP contribution in [0.1, 0.15) is 67.6 Å². The second-order valence-corrected chi connectivity index (χ2v) is 8.83. The number of benzene rings is 1. The smallest absolute Gasteiger partial charge is 0.329 e. The van der Waals surface area contributed by atoms with Gasteiger partial charge in [-0.05, 0) is 48.9 Å². The van der Waals surface area contributed by atoms with Crippen LogP contribution in [0.5, 0.6) is 0 Å². The van der Waals surface area contributed by atoms with Crippen LogP contribution in [0.4, 0.5) is 4.39 Å². The number of rotatable bonds is 7. The van der Waals surface area contributed by atoms with Gasteiger partial charge in [0.05, 0.1) is 10.9 Å². The quantitative estimate of drug-likeness (QED) is 0.592. The van der Waals surface area contributed by atoms with Gasteiger partial charge in [0.1, 0.15) is 5.82 Å². The number of halogens is 1. The van der Waals surface area contributed by atoms with Gasteiger partial charge in [0, 0.05) is 24.2 Å². The molecule has 1 amide bonds. The molecular formula is C24H27FN4O3. The zero-order valence-corrected chi connectivity index (χ0v) is 18.5. The Morgan fingerprint density at radius 3 is 2.53 bits per heavy atom. The van der Waals surface area contributed by atoms with Crippen molar-refractivity contribution in [1.29, 1.82) is 0 Å². The minimum absolute atomic E-state index is 0.00408. The molecular weight excluding hydrogens is 411 g/mol. The van der Waals surface area contributed by atoms with Crippen molar-refractivity contribution in [3.63, 3.8) is 0 Å². The fourth-order valence-electron chi connectivity index (χ4n) is 4.07. The average Bonchev–Trinajstić information content (AvgIpc) is 3.55. The number of amides is 1. The molecule has 1 aliphatic carbocycles. The maximum atomic E-state index is 13.3. The first-order chi connectivity index (χ1) is 15.3. The van der Waals surface area contributed by atoms with Crippen LogP contribution < -0.4 is 16.6 Å². The number of carbonyl (C=O) groups is 1. The summed E-state index contributed by atoms with van der Waals surface area (Å²) in [5, 5.41) is 3.08. The molecule has 168 valence electrons. The van der Waals surface area contributed by atoms with Crippen molar-refractivity contribution in [2.75, 3.05) is 6.54 Å². The lowest BCUT2D eigenvalue weighted by molar-refractivity contribution is 0.0951. The first kappa shape index (κ1) is 21.9. The van der Waals surface area contributed by atoms with Crippen LogP contribution in [-0.2, 0) is 12.0 Å². The van der Waals surface area contributed by atoms with Gasteiger partial charge in [-0.25, -0.2) is 14.2 Å². The molecule has 2 aromatic heterocycles. The number of aromatic amines is 1. The minimum atomic E-state index is -0.620. The number of carbonyl (C=O) groups excluding carboxylic acids is 1. The standard InChI is InChI=1S/C24H27FN4O3/c1-4-11-29-20-19(22(31)28-23(29)32)17(12-18(27-20)14(2)3)21(30)26-13-24(9-10-24)15-5-7-16(25)8-6-15/h5-8,12,14H,4,9-11,13H2,1-3H3,(H,26,30)(H,28,31,32). The van der Waals surface area contributed by atoms with Crippen molar-refractivity contribution < 1.29 is 9.18 Å². The molecule has 1 aliphatic rings. The van der Waals surface area contributed by atoms with Crippen molar-refractivity contribution in [1.82, 2.24) is 19.9 Å². The summed E-state index contributed by atoms with van der Waals surface area (Å²) in [7, 11) is 0. The number of H-pyrrole nitrogens is 1. The van der Waals surface area contributed by atoms with Gasteiger partial charge < -0.3 is 5.32 Å². The molecule has 3 aromatic rings. The van der Waals surface area contributed by atoms with Crippen molar-refractivity contribution in [2.45, 2.75) is 57.9 Å². The van der Waals surface area contributed by atoms with Crippen LogP contribution in [0.3, 0.4) is 0 Å². The van der Waals surface area contributed by atoms with Gasteiger partial charge in [0.2, 0.25) is 0 Å². The Morgan fingerprint density at radius 1 is 1.25 bits per heavy atom. The van der Waals surface area contributed by atoms with E-state index >= 15 is 0 Å². The Morgan fingerprint density at radius 2 is 1.94 bits per heavy atom. The topological polar surface area (TPSA) is 96.9 Å². The second kappa shape index (κ2) is 8.33. The Hall–Kier alpha value is -3.29. The summed E-state index contributed by atoms with van der Waals surface area (Å²) in [6.07, 6.45) is 2.46. The molecule has 0 bridgehead atoms. The van der Waals surface area contributed by atoms with Crippen molar-refractivity contribution in [2.24, 2.45) is 0 Å². The number of aryl methyl sites for hydroxylation is 1. The van der Waals surface area contributed by atoms with Gasteiger partial charge in [-0.2, -0.15) is 0 Å². The molecule has 1 aromatic carbocycles. The third kappa shape index (κ3) is 3.97. The Labute approximate surface area is 184 Å². The lowest BCUT2D eigenvalue weighted by atomic mass is 9.95. The predicted molar refractivity (Wildman–Crippen MR) is 121 cm³/mol. The average molecular weight is 439 g/mol. The summed E-state index contributed by atoms with van der Waals surface area (Å²) in [6, 6.07) is 7.99. The Balaban J connectivity index is 1.73. The van der Waals surface area contributed by atoms with Gasteiger partial charge in [0.25, 0.3) is 11.5 Å². The molecule has 32 heavy (non-hydrogen) atoms. The molecule has 0 aliphatic heterocycles. The SMILES string of the molecule is CCCn1c(=O)[nH]c(=O)c2c(C(=O)NCC3(c4ccc(F)cc4)CC3)cc(C(C)C)nc21. The normalized spacial score (nSPS) is 14.7.